The van der Waals surface area contributed by atoms with Gasteiger partial charge in [-0.2, -0.15) is 0 Å². The first kappa shape index (κ1) is 21.9. The Morgan fingerprint density at radius 1 is 0.931 bits per heavy atom. The largest absolute Gasteiger partial charge is 0.378 e. The van der Waals surface area contributed by atoms with Gasteiger partial charge < -0.3 is 14.5 Å². The topological polar surface area (TPSA) is 49.8 Å². The summed E-state index contributed by atoms with van der Waals surface area (Å²) in [6.45, 7) is 0.0761. The second kappa shape index (κ2) is 9.34. The van der Waals surface area contributed by atoms with Gasteiger partial charge in [0.05, 0.1) is 6.61 Å². The number of rotatable bonds is 7. The van der Waals surface area contributed by atoms with E-state index in [9.17, 15) is 9.67 Å². The van der Waals surface area contributed by atoms with Gasteiger partial charge in [0.1, 0.15) is 0 Å². The Morgan fingerprint density at radius 2 is 1.52 bits per heavy atom. The Kier molecular flexibility index (Phi) is 7.05. The number of hydrogen-bond acceptors (Lipinski definition) is 4. The number of aliphatic hydroxyl groups is 1. The van der Waals surface area contributed by atoms with Crippen LogP contribution < -0.4 is 10.2 Å². The van der Waals surface area contributed by atoms with Gasteiger partial charge in [0.25, 0.3) is 7.37 Å². The molecule has 0 aliphatic carbocycles. The second-order valence-corrected chi connectivity index (χ2v) is 10.0. The Bertz CT molecular complexity index is 990. The molecule has 3 rings (SSSR count). The Morgan fingerprint density at radius 3 is 2.07 bits per heavy atom. The average Bonchev–Trinajstić information content (AvgIpc) is 2.72. The molecule has 0 amide bonds. The number of nitrogens with zero attached hydrogens (tertiary/aromatic N) is 1. The number of aliphatic hydroxyl groups excluding tert-OH is 1. The van der Waals surface area contributed by atoms with Crippen LogP contribution in [0.25, 0.3) is 0 Å². The normalized spacial score (nSPS) is 14.2. The molecular formula is C22H22Cl2NO3P. The molecule has 3 aromatic carbocycles. The van der Waals surface area contributed by atoms with Crippen molar-refractivity contribution in [3.8, 4) is 0 Å². The van der Waals surface area contributed by atoms with Gasteiger partial charge in [-0.05, 0) is 42.0 Å². The van der Waals surface area contributed by atoms with E-state index in [1.54, 1.807) is 30.3 Å². The fraction of sp³-hybridized carbons (Fsp3) is 0.182. The molecule has 7 heteroatoms. The van der Waals surface area contributed by atoms with Gasteiger partial charge in [0, 0.05) is 40.7 Å². The molecule has 0 spiro atoms. The quantitative estimate of drug-likeness (QED) is 0.458. The summed E-state index contributed by atoms with van der Waals surface area (Å²) in [5, 5.41) is 12.0. The van der Waals surface area contributed by atoms with E-state index in [1.807, 2.05) is 61.5 Å². The van der Waals surface area contributed by atoms with Crippen molar-refractivity contribution < 1.29 is 14.2 Å². The first-order chi connectivity index (χ1) is 13.8. The first-order valence-corrected chi connectivity index (χ1v) is 11.5. The molecule has 1 N–H and O–H groups in total. The van der Waals surface area contributed by atoms with Gasteiger partial charge in [-0.25, -0.2) is 0 Å². The molecule has 4 nitrogen and oxygen atoms in total. The maximum Gasteiger partial charge on any atom is 0.264 e. The van der Waals surface area contributed by atoms with E-state index in [4.69, 9.17) is 27.7 Å². The SMILES string of the molecule is CN(C)c1ccc([P@@](=O)(OCc2ccccc2)[C@H](O)c2c(Cl)cccc2Cl)cc1. The van der Waals surface area contributed by atoms with E-state index in [0.29, 0.717) is 5.30 Å². The van der Waals surface area contributed by atoms with Crippen LogP contribution in [0.1, 0.15) is 17.0 Å². The third-order valence-corrected chi connectivity index (χ3v) is 7.66. The Balaban J connectivity index is 2.04. The summed E-state index contributed by atoms with van der Waals surface area (Å²) < 4.78 is 20.0. The number of benzene rings is 3. The predicted molar refractivity (Wildman–Crippen MR) is 121 cm³/mol. The van der Waals surface area contributed by atoms with Crippen LogP contribution in [0, 0.1) is 0 Å². The van der Waals surface area contributed by atoms with Crippen LogP contribution in [0.5, 0.6) is 0 Å². The van der Waals surface area contributed by atoms with Gasteiger partial charge in [-0.15, -0.1) is 0 Å². The third-order valence-electron chi connectivity index (χ3n) is 4.57. The average molecular weight is 450 g/mol. The minimum atomic E-state index is -3.79. The fourth-order valence-electron chi connectivity index (χ4n) is 2.92. The fourth-order valence-corrected chi connectivity index (χ4v) is 5.77. The van der Waals surface area contributed by atoms with Crippen LogP contribution in [0.4, 0.5) is 5.69 Å². The van der Waals surface area contributed by atoms with Crippen molar-refractivity contribution in [3.05, 3.63) is 94.0 Å². The van der Waals surface area contributed by atoms with Crippen molar-refractivity contribution in [2.75, 3.05) is 19.0 Å². The number of anilines is 1. The van der Waals surface area contributed by atoms with Gasteiger partial charge in [-0.3, -0.25) is 4.57 Å². The molecular weight excluding hydrogens is 428 g/mol. The lowest BCUT2D eigenvalue weighted by atomic mass is 10.2. The highest BCUT2D eigenvalue weighted by Gasteiger charge is 2.38. The van der Waals surface area contributed by atoms with Gasteiger partial charge in [0.15, 0.2) is 5.85 Å². The van der Waals surface area contributed by atoms with Gasteiger partial charge >= 0.3 is 0 Å². The first-order valence-electron chi connectivity index (χ1n) is 9.01. The molecule has 0 heterocycles. The summed E-state index contributed by atoms with van der Waals surface area (Å²) in [5.41, 5.74) is 1.98. The van der Waals surface area contributed by atoms with Crippen molar-refractivity contribution in [2.45, 2.75) is 12.5 Å². The molecule has 0 saturated heterocycles. The second-order valence-electron chi connectivity index (χ2n) is 6.78. The molecule has 2 atom stereocenters. The number of halogens is 2. The summed E-state index contributed by atoms with van der Waals surface area (Å²) in [5.74, 6) is -1.50. The van der Waals surface area contributed by atoms with E-state index in [2.05, 4.69) is 0 Å². The van der Waals surface area contributed by atoms with Crippen molar-refractivity contribution >= 4 is 41.6 Å². The lowest BCUT2D eigenvalue weighted by Crippen LogP contribution is -2.16. The standard InChI is InChI=1S/C22H22Cl2NO3P/c1-25(2)17-11-13-18(14-12-17)29(27,28-15-16-7-4-3-5-8-16)22(26)21-19(23)9-6-10-20(21)24/h3-14,22,26H,15H2,1-2H3/t22-,29+/m0/s1. The van der Waals surface area contributed by atoms with Crippen LogP contribution in [-0.2, 0) is 15.7 Å². The molecule has 0 fully saturated rings. The summed E-state index contributed by atoms with van der Waals surface area (Å²) in [6, 6.07) is 21.3. The molecule has 0 radical (unpaired) electrons. The zero-order valence-corrected chi connectivity index (χ0v) is 18.5. The predicted octanol–water partition coefficient (Wildman–Crippen LogP) is 5.87. The highest BCUT2D eigenvalue weighted by Crippen LogP contribution is 2.60. The van der Waals surface area contributed by atoms with E-state index < -0.39 is 13.2 Å². The molecule has 0 aliphatic rings. The molecule has 152 valence electrons. The minimum absolute atomic E-state index is 0.0761. The van der Waals surface area contributed by atoms with Crippen molar-refractivity contribution in [1.82, 2.24) is 0 Å². The molecule has 0 saturated carbocycles. The Labute approximate surface area is 181 Å². The van der Waals surface area contributed by atoms with Gasteiger partial charge in [0.2, 0.25) is 0 Å². The third kappa shape index (κ3) is 4.85. The van der Waals surface area contributed by atoms with E-state index in [-0.39, 0.29) is 22.2 Å². The molecule has 0 unspecified atom stereocenters. The highest BCUT2D eigenvalue weighted by molar-refractivity contribution is 7.67. The lowest BCUT2D eigenvalue weighted by Gasteiger charge is -2.26. The smallest absolute Gasteiger partial charge is 0.264 e. The van der Waals surface area contributed by atoms with Gasteiger partial charge in [-0.1, -0.05) is 59.6 Å². The van der Waals surface area contributed by atoms with Crippen LogP contribution >= 0.6 is 30.6 Å². The van der Waals surface area contributed by atoms with E-state index in [0.717, 1.165) is 11.3 Å². The van der Waals surface area contributed by atoms with E-state index >= 15 is 0 Å². The van der Waals surface area contributed by atoms with Crippen molar-refractivity contribution in [1.29, 1.82) is 0 Å². The molecule has 0 aromatic heterocycles. The molecule has 3 aromatic rings. The monoisotopic (exact) mass is 449 g/mol. The molecule has 29 heavy (non-hydrogen) atoms. The molecule has 0 bridgehead atoms. The number of hydrogen-bond donors (Lipinski definition) is 1. The maximum absolute atomic E-state index is 14.1. The lowest BCUT2D eigenvalue weighted by molar-refractivity contribution is 0.210. The van der Waals surface area contributed by atoms with Crippen LogP contribution in [0.2, 0.25) is 10.0 Å². The van der Waals surface area contributed by atoms with Crippen molar-refractivity contribution in [2.24, 2.45) is 0 Å². The summed E-state index contributed by atoms with van der Waals surface area (Å²) >= 11 is 12.5. The summed E-state index contributed by atoms with van der Waals surface area (Å²) in [7, 11) is 0.0451. The molecule has 0 aliphatic heterocycles. The van der Waals surface area contributed by atoms with Crippen LogP contribution in [0.3, 0.4) is 0 Å². The van der Waals surface area contributed by atoms with E-state index in [1.165, 1.54) is 0 Å². The minimum Gasteiger partial charge on any atom is -0.378 e. The highest BCUT2D eigenvalue weighted by atomic mass is 35.5. The van der Waals surface area contributed by atoms with Crippen LogP contribution in [0.15, 0.2) is 72.8 Å². The van der Waals surface area contributed by atoms with Crippen LogP contribution in [-0.4, -0.2) is 19.2 Å². The zero-order chi connectivity index (χ0) is 21.0. The maximum atomic E-state index is 14.1. The Hall–Kier alpha value is -1.81. The zero-order valence-electron chi connectivity index (χ0n) is 16.1. The van der Waals surface area contributed by atoms with Crippen molar-refractivity contribution in [3.63, 3.8) is 0 Å². The summed E-state index contributed by atoms with van der Waals surface area (Å²) in [6.07, 6.45) is 0. The summed E-state index contributed by atoms with van der Waals surface area (Å²) in [4.78, 5) is 1.93.